The van der Waals surface area contributed by atoms with E-state index < -0.39 is 0 Å². The van der Waals surface area contributed by atoms with Crippen molar-refractivity contribution in [3.05, 3.63) is 53.9 Å². The minimum absolute atomic E-state index is 0.0626. The van der Waals surface area contributed by atoms with Crippen LogP contribution in [0.15, 0.2) is 42.6 Å². The van der Waals surface area contributed by atoms with Gasteiger partial charge >= 0.3 is 0 Å². The van der Waals surface area contributed by atoms with Crippen molar-refractivity contribution < 1.29 is 14.3 Å². The standard InChI is InChI=1S/C22H28N4O3/c1-4-25-11-13-26(14-12-25)22(28)17-9-10-23-20(15-17)21(27)24-18-5-7-19(8-6-18)29-16(2)3/h5-10,15-16H,4,11-14H2,1-3H3,(H,24,27). The molecule has 1 saturated heterocycles. The van der Waals surface area contributed by atoms with E-state index in [1.54, 1.807) is 36.4 Å². The molecule has 1 aromatic heterocycles. The number of carbonyl (C=O) groups is 2. The molecule has 1 aliphatic heterocycles. The summed E-state index contributed by atoms with van der Waals surface area (Å²) in [6.07, 6.45) is 1.59. The second-order valence-corrected chi connectivity index (χ2v) is 7.30. The van der Waals surface area contributed by atoms with Crippen molar-refractivity contribution in [1.82, 2.24) is 14.8 Å². The molecule has 3 rings (SSSR count). The number of benzene rings is 1. The molecule has 0 bridgehead atoms. The predicted molar refractivity (Wildman–Crippen MR) is 112 cm³/mol. The average molecular weight is 396 g/mol. The molecule has 154 valence electrons. The van der Waals surface area contributed by atoms with Gasteiger partial charge in [-0.05, 0) is 56.8 Å². The molecule has 2 heterocycles. The Morgan fingerprint density at radius 1 is 1.10 bits per heavy atom. The highest BCUT2D eigenvalue weighted by Gasteiger charge is 2.22. The second-order valence-electron chi connectivity index (χ2n) is 7.30. The molecule has 29 heavy (non-hydrogen) atoms. The highest BCUT2D eigenvalue weighted by atomic mass is 16.5. The van der Waals surface area contributed by atoms with Gasteiger partial charge in [-0.25, -0.2) is 0 Å². The fraction of sp³-hybridized carbons (Fsp3) is 0.409. The first-order chi connectivity index (χ1) is 14.0. The largest absolute Gasteiger partial charge is 0.491 e. The Balaban J connectivity index is 1.64. The summed E-state index contributed by atoms with van der Waals surface area (Å²) in [7, 11) is 0. The van der Waals surface area contributed by atoms with Crippen LogP contribution in [0, 0.1) is 0 Å². The predicted octanol–water partition coefficient (Wildman–Crippen LogP) is 2.90. The number of anilines is 1. The first kappa shape index (κ1) is 20.8. The fourth-order valence-electron chi connectivity index (χ4n) is 3.22. The van der Waals surface area contributed by atoms with Crippen molar-refractivity contribution in [2.45, 2.75) is 26.9 Å². The van der Waals surface area contributed by atoms with Crippen molar-refractivity contribution >= 4 is 17.5 Å². The second kappa shape index (κ2) is 9.52. The molecule has 0 spiro atoms. The summed E-state index contributed by atoms with van der Waals surface area (Å²) in [6.45, 7) is 10.2. The number of pyridine rings is 1. The summed E-state index contributed by atoms with van der Waals surface area (Å²) >= 11 is 0. The lowest BCUT2D eigenvalue weighted by Gasteiger charge is -2.34. The van der Waals surface area contributed by atoms with Crippen molar-refractivity contribution in [2.24, 2.45) is 0 Å². The van der Waals surface area contributed by atoms with Gasteiger partial charge in [0, 0.05) is 43.6 Å². The number of ether oxygens (including phenoxy) is 1. The minimum Gasteiger partial charge on any atom is -0.491 e. The van der Waals surface area contributed by atoms with E-state index >= 15 is 0 Å². The summed E-state index contributed by atoms with van der Waals surface area (Å²) in [6, 6.07) is 10.4. The Kier molecular flexibility index (Phi) is 6.82. The molecule has 2 aromatic rings. The van der Waals surface area contributed by atoms with E-state index in [1.165, 1.54) is 6.20 Å². The third-order valence-corrected chi connectivity index (χ3v) is 4.83. The highest BCUT2D eigenvalue weighted by molar-refractivity contribution is 6.04. The number of nitrogens with one attached hydrogen (secondary N) is 1. The molecule has 0 radical (unpaired) electrons. The van der Waals surface area contributed by atoms with E-state index in [2.05, 4.69) is 22.1 Å². The summed E-state index contributed by atoms with van der Waals surface area (Å²) in [5, 5.41) is 2.81. The molecule has 0 unspecified atom stereocenters. The van der Waals surface area contributed by atoms with Crippen LogP contribution in [0.25, 0.3) is 0 Å². The van der Waals surface area contributed by atoms with Crippen LogP contribution in [0.3, 0.4) is 0 Å². The van der Waals surface area contributed by atoms with Gasteiger partial charge in [-0.15, -0.1) is 0 Å². The van der Waals surface area contributed by atoms with Crippen molar-refractivity contribution in [3.63, 3.8) is 0 Å². The first-order valence-corrected chi connectivity index (χ1v) is 10.0. The zero-order valence-corrected chi connectivity index (χ0v) is 17.2. The first-order valence-electron chi connectivity index (χ1n) is 10.0. The summed E-state index contributed by atoms with van der Waals surface area (Å²) in [5.74, 6) is 0.326. The zero-order chi connectivity index (χ0) is 20.8. The lowest BCUT2D eigenvalue weighted by atomic mass is 10.1. The van der Waals surface area contributed by atoms with Crippen molar-refractivity contribution in [3.8, 4) is 5.75 Å². The van der Waals surface area contributed by atoms with Crippen molar-refractivity contribution in [2.75, 3.05) is 38.0 Å². The molecule has 1 aromatic carbocycles. The van der Waals surface area contributed by atoms with E-state index in [9.17, 15) is 9.59 Å². The maximum Gasteiger partial charge on any atom is 0.274 e. The quantitative estimate of drug-likeness (QED) is 0.813. The van der Waals surface area contributed by atoms with E-state index in [4.69, 9.17) is 4.74 Å². The van der Waals surface area contributed by atoms with Gasteiger partial charge in [0.15, 0.2) is 0 Å². The maximum atomic E-state index is 12.8. The van der Waals surface area contributed by atoms with Gasteiger partial charge in [0.25, 0.3) is 11.8 Å². The number of hydrogen-bond acceptors (Lipinski definition) is 5. The van der Waals surface area contributed by atoms with Crippen LogP contribution in [-0.2, 0) is 0 Å². The number of amides is 2. The number of carbonyl (C=O) groups excluding carboxylic acids is 2. The molecule has 7 heteroatoms. The van der Waals surface area contributed by atoms with Gasteiger partial charge < -0.3 is 19.9 Å². The van der Waals surface area contributed by atoms with Gasteiger partial charge in [0.2, 0.25) is 0 Å². The normalized spacial score (nSPS) is 14.7. The Bertz CT molecular complexity index is 843. The van der Waals surface area contributed by atoms with Crippen LogP contribution in [-0.4, -0.2) is 65.4 Å². The van der Waals surface area contributed by atoms with Crippen LogP contribution in [0.2, 0.25) is 0 Å². The third kappa shape index (κ3) is 5.54. The molecular weight excluding hydrogens is 368 g/mol. The highest BCUT2D eigenvalue weighted by Crippen LogP contribution is 2.18. The van der Waals surface area contributed by atoms with Gasteiger partial charge in [0.05, 0.1) is 6.10 Å². The molecule has 1 fully saturated rings. The Labute approximate surface area is 171 Å². The molecular formula is C22H28N4O3. The lowest BCUT2D eigenvalue weighted by molar-refractivity contribution is 0.0643. The molecule has 7 nitrogen and oxygen atoms in total. The van der Waals surface area contributed by atoms with Crippen LogP contribution < -0.4 is 10.1 Å². The number of piperazine rings is 1. The number of rotatable bonds is 6. The zero-order valence-electron chi connectivity index (χ0n) is 17.2. The Hall–Kier alpha value is -2.93. The summed E-state index contributed by atoms with van der Waals surface area (Å²) < 4.78 is 5.60. The van der Waals surface area contributed by atoms with Crippen molar-refractivity contribution in [1.29, 1.82) is 0 Å². The van der Waals surface area contributed by atoms with Gasteiger partial charge in [-0.2, -0.15) is 0 Å². The third-order valence-electron chi connectivity index (χ3n) is 4.83. The van der Waals surface area contributed by atoms with Gasteiger partial charge in [-0.1, -0.05) is 6.92 Å². The molecule has 0 aliphatic carbocycles. The smallest absolute Gasteiger partial charge is 0.274 e. The number of aromatic nitrogens is 1. The SMILES string of the molecule is CCN1CCN(C(=O)c2ccnc(C(=O)Nc3ccc(OC(C)C)cc3)c2)CC1. The fourth-order valence-corrected chi connectivity index (χ4v) is 3.22. The minimum atomic E-state index is -0.354. The van der Waals surface area contributed by atoms with Crippen LogP contribution >= 0.6 is 0 Å². The molecule has 1 aliphatic rings. The molecule has 0 atom stereocenters. The number of nitrogens with zero attached hydrogens (tertiary/aromatic N) is 3. The van der Waals surface area contributed by atoms with E-state index in [0.717, 1.165) is 25.4 Å². The van der Waals surface area contributed by atoms with E-state index in [0.29, 0.717) is 24.3 Å². The summed E-state index contributed by atoms with van der Waals surface area (Å²) in [4.78, 5) is 33.6. The van der Waals surface area contributed by atoms with Gasteiger partial charge in [0.1, 0.15) is 11.4 Å². The Morgan fingerprint density at radius 3 is 2.41 bits per heavy atom. The molecule has 0 saturated carbocycles. The number of likely N-dealkylation sites (N-methyl/N-ethyl adjacent to an activating group) is 1. The van der Waals surface area contributed by atoms with Crippen LogP contribution in [0.4, 0.5) is 5.69 Å². The van der Waals surface area contributed by atoms with Crippen LogP contribution in [0.5, 0.6) is 5.75 Å². The van der Waals surface area contributed by atoms with E-state index in [1.807, 2.05) is 18.7 Å². The van der Waals surface area contributed by atoms with E-state index in [-0.39, 0.29) is 23.6 Å². The monoisotopic (exact) mass is 396 g/mol. The molecule has 2 amide bonds. The van der Waals surface area contributed by atoms with Crippen LogP contribution in [0.1, 0.15) is 41.6 Å². The van der Waals surface area contributed by atoms with Gasteiger partial charge in [-0.3, -0.25) is 14.6 Å². The number of hydrogen-bond donors (Lipinski definition) is 1. The average Bonchev–Trinajstić information content (AvgIpc) is 2.74. The summed E-state index contributed by atoms with van der Waals surface area (Å²) in [5.41, 5.74) is 1.33. The Morgan fingerprint density at radius 2 is 1.79 bits per heavy atom. The maximum absolute atomic E-state index is 12.8. The topological polar surface area (TPSA) is 74.8 Å². The molecule has 1 N–H and O–H groups in total. The lowest BCUT2D eigenvalue weighted by Crippen LogP contribution is -2.48.